The van der Waals surface area contributed by atoms with E-state index in [9.17, 15) is 4.79 Å². The van der Waals surface area contributed by atoms with Gasteiger partial charge in [0.15, 0.2) is 0 Å². The normalized spacial score (nSPS) is 13.0. The summed E-state index contributed by atoms with van der Waals surface area (Å²) in [5.74, 6) is 0. The molecule has 0 saturated heterocycles. The quantitative estimate of drug-likeness (QED) is 0.339. The molecule has 0 aliphatic carbocycles. The van der Waals surface area contributed by atoms with Crippen LogP contribution in [0.1, 0.15) is 6.92 Å². The average molecular weight is 89.1 g/mol. The van der Waals surface area contributed by atoms with Crippen molar-refractivity contribution in [1.29, 1.82) is 0 Å². The smallest absolute Gasteiger partial charge is 0.209 e. The van der Waals surface area contributed by atoms with Gasteiger partial charge in [0.2, 0.25) is 6.41 Å². The predicted octanol–water partition coefficient (Wildman–Crippen LogP) is -0.929. The number of amides is 1. The highest BCUT2D eigenvalue weighted by atomic mass is 16.3. The minimum absolute atomic E-state index is 0.449. The molecule has 0 bridgehead atoms. The van der Waals surface area contributed by atoms with Crippen molar-refractivity contribution in [3.63, 3.8) is 0 Å². The van der Waals surface area contributed by atoms with Gasteiger partial charge in [0.05, 0.1) is 0 Å². The van der Waals surface area contributed by atoms with Crippen LogP contribution in [-0.4, -0.2) is 17.7 Å². The number of hydrogen-bond acceptors (Lipinski definition) is 2. The minimum atomic E-state index is -0.720. The van der Waals surface area contributed by atoms with E-state index in [0.717, 1.165) is 0 Å². The topological polar surface area (TPSA) is 49.3 Å². The molecule has 2 N–H and O–H groups in total. The van der Waals surface area contributed by atoms with Crippen LogP contribution < -0.4 is 5.32 Å². The second-order valence-corrected chi connectivity index (χ2v) is 0.960. The van der Waals surface area contributed by atoms with Crippen LogP contribution in [0.3, 0.4) is 0 Å². The van der Waals surface area contributed by atoms with E-state index in [1.54, 1.807) is 0 Å². The Bertz CT molecular complexity index is 44.1. The van der Waals surface area contributed by atoms with Crippen molar-refractivity contribution in [3.05, 3.63) is 0 Å². The van der Waals surface area contributed by atoms with Gasteiger partial charge in [-0.1, -0.05) is 0 Å². The number of nitrogens with one attached hydrogen (secondary N) is 1. The number of carbonyl (C=O) groups excluding carboxylic acids is 1. The Hall–Kier alpha value is -0.570. The number of hydrogen-bond donors (Lipinski definition) is 2. The van der Waals surface area contributed by atoms with E-state index in [4.69, 9.17) is 5.11 Å². The van der Waals surface area contributed by atoms with Crippen molar-refractivity contribution >= 4 is 6.41 Å². The maximum Gasteiger partial charge on any atom is 0.209 e. The Morgan fingerprint density at radius 1 is 2.00 bits per heavy atom. The van der Waals surface area contributed by atoms with Gasteiger partial charge in [-0.25, -0.2) is 0 Å². The summed E-state index contributed by atoms with van der Waals surface area (Å²) in [5, 5.41) is 10.3. The van der Waals surface area contributed by atoms with Crippen LogP contribution in [-0.2, 0) is 4.79 Å². The Morgan fingerprint density at radius 3 is 2.50 bits per heavy atom. The van der Waals surface area contributed by atoms with Crippen LogP contribution in [0.4, 0.5) is 0 Å². The summed E-state index contributed by atoms with van der Waals surface area (Å²) in [6.07, 6.45) is -0.271. The molecule has 0 heterocycles. The van der Waals surface area contributed by atoms with Crippen LogP contribution in [0.15, 0.2) is 0 Å². The van der Waals surface area contributed by atoms with Gasteiger partial charge in [-0.2, -0.15) is 0 Å². The number of rotatable bonds is 2. The molecule has 1 unspecified atom stereocenters. The second-order valence-electron chi connectivity index (χ2n) is 0.960. The first-order valence-corrected chi connectivity index (χ1v) is 1.65. The fourth-order valence-electron chi connectivity index (χ4n) is 0.0985. The first-order chi connectivity index (χ1) is 2.77. The van der Waals surface area contributed by atoms with Gasteiger partial charge in [0.25, 0.3) is 0 Å². The molecule has 3 nitrogen and oxygen atoms in total. The zero-order valence-corrected chi connectivity index (χ0v) is 3.51. The minimum Gasteiger partial charge on any atom is -0.374 e. The summed E-state index contributed by atoms with van der Waals surface area (Å²) in [6, 6.07) is 0. The van der Waals surface area contributed by atoms with Gasteiger partial charge in [-0.3, -0.25) is 4.79 Å². The highest BCUT2D eigenvalue weighted by molar-refractivity contribution is 5.45. The largest absolute Gasteiger partial charge is 0.374 e. The predicted molar refractivity (Wildman–Crippen MR) is 20.9 cm³/mol. The fourth-order valence-corrected chi connectivity index (χ4v) is 0.0985. The molecule has 1 amide bonds. The summed E-state index contributed by atoms with van der Waals surface area (Å²) in [7, 11) is 0. The first-order valence-electron chi connectivity index (χ1n) is 1.65. The lowest BCUT2D eigenvalue weighted by atomic mass is 10.7. The van der Waals surface area contributed by atoms with E-state index < -0.39 is 6.23 Å². The third kappa shape index (κ3) is 3.43. The summed E-state index contributed by atoms with van der Waals surface area (Å²) < 4.78 is 0. The zero-order valence-electron chi connectivity index (χ0n) is 3.51. The van der Waals surface area contributed by atoms with Crippen molar-refractivity contribution in [2.45, 2.75) is 13.2 Å². The van der Waals surface area contributed by atoms with Crippen LogP contribution >= 0.6 is 0 Å². The number of aliphatic hydroxyl groups is 1. The molecular formula is C3H7NO2. The molecule has 0 saturated carbocycles. The molecule has 0 aromatic rings. The molecule has 0 aromatic heterocycles. The second kappa shape index (κ2) is 2.66. The maximum absolute atomic E-state index is 9.34. The van der Waals surface area contributed by atoms with E-state index in [-0.39, 0.29) is 0 Å². The monoisotopic (exact) mass is 89.0 g/mol. The lowest BCUT2D eigenvalue weighted by Crippen LogP contribution is -2.22. The molecule has 0 fully saturated rings. The Labute approximate surface area is 36.0 Å². The molecule has 0 aromatic carbocycles. The van der Waals surface area contributed by atoms with Crippen molar-refractivity contribution in [2.75, 3.05) is 0 Å². The molecule has 0 aliphatic heterocycles. The van der Waals surface area contributed by atoms with Crippen molar-refractivity contribution in [2.24, 2.45) is 0 Å². The van der Waals surface area contributed by atoms with Gasteiger partial charge in [-0.05, 0) is 6.92 Å². The standard InChI is InChI=1S/C3H7NO2/c1-3(6)4-2-5/h2-3,6H,1H3,(H,4,5). The van der Waals surface area contributed by atoms with Gasteiger partial charge < -0.3 is 10.4 Å². The Balaban J connectivity index is 2.81. The molecule has 0 rings (SSSR count). The summed E-state index contributed by atoms with van der Waals surface area (Å²) in [4.78, 5) is 9.34. The zero-order chi connectivity index (χ0) is 4.99. The average Bonchev–Trinajstić information content (AvgIpc) is 1.35. The molecule has 0 radical (unpaired) electrons. The van der Waals surface area contributed by atoms with Gasteiger partial charge >= 0.3 is 0 Å². The highest BCUT2D eigenvalue weighted by Gasteiger charge is 1.82. The third-order valence-corrected chi connectivity index (χ3v) is 0.309. The molecule has 36 valence electrons. The maximum atomic E-state index is 9.34. The van der Waals surface area contributed by atoms with Crippen molar-refractivity contribution < 1.29 is 9.90 Å². The Morgan fingerprint density at radius 2 is 2.50 bits per heavy atom. The molecule has 6 heavy (non-hydrogen) atoms. The SMILES string of the molecule is CC(O)NC=O. The molecule has 3 heteroatoms. The molecular weight excluding hydrogens is 82.0 g/mol. The van der Waals surface area contributed by atoms with E-state index in [2.05, 4.69) is 5.32 Å². The Kier molecular flexibility index (Phi) is 2.40. The van der Waals surface area contributed by atoms with Crippen LogP contribution in [0, 0.1) is 0 Å². The summed E-state index contributed by atoms with van der Waals surface area (Å²) in [5.41, 5.74) is 0. The molecule has 0 aliphatic rings. The van der Waals surface area contributed by atoms with Gasteiger partial charge in [0.1, 0.15) is 6.23 Å². The molecule has 1 atom stereocenters. The van der Waals surface area contributed by atoms with E-state index >= 15 is 0 Å². The van der Waals surface area contributed by atoms with E-state index in [1.807, 2.05) is 0 Å². The third-order valence-electron chi connectivity index (χ3n) is 0.309. The van der Waals surface area contributed by atoms with E-state index in [1.165, 1.54) is 6.92 Å². The highest BCUT2D eigenvalue weighted by Crippen LogP contribution is 1.60. The number of carbonyl (C=O) groups is 1. The summed E-state index contributed by atoms with van der Waals surface area (Å²) >= 11 is 0. The number of aliphatic hydroxyl groups excluding tert-OH is 1. The van der Waals surface area contributed by atoms with Gasteiger partial charge in [-0.15, -0.1) is 0 Å². The first kappa shape index (κ1) is 5.43. The van der Waals surface area contributed by atoms with Crippen LogP contribution in [0.25, 0.3) is 0 Å². The lowest BCUT2D eigenvalue weighted by Gasteiger charge is -1.95. The lowest BCUT2D eigenvalue weighted by molar-refractivity contribution is -0.111. The molecule has 0 spiro atoms. The van der Waals surface area contributed by atoms with E-state index in [0.29, 0.717) is 6.41 Å². The van der Waals surface area contributed by atoms with Crippen molar-refractivity contribution in [1.82, 2.24) is 5.32 Å². The van der Waals surface area contributed by atoms with Crippen molar-refractivity contribution in [3.8, 4) is 0 Å². The fraction of sp³-hybridized carbons (Fsp3) is 0.667. The van der Waals surface area contributed by atoms with Gasteiger partial charge in [0, 0.05) is 0 Å². The van der Waals surface area contributed by atoms with Crippen LogP contribution in [0.5, 0.6) is 0 Å². The summed E-state index contributed by atoms with van der Waals surface area (Å²) in [6.45, 7) is 1.47. The van der Waals surface area contributed by atoms with Crippen LogP contribution in [0.2, 0.25) is 0 Å².